The van der Waals surface area contributed by atoms with Crippen LogP contribution in [0.25, 0.3) is 0 Å². The summed E-state index contributed by atoms with van der Waals surface area (Å²) in [6.45, 7) is 3.65. The first-order chi connectivity index (χ1) is 8.95. The van der Waals surface area contributed by atoms with Gasteiger partial charge in [-0.25, -0.2) is 9.78 Å². The number of carbonyl (C=O) groups excluding carboxylic acids is 2. The quantitative estimate of drug-likeness (QED) is 0.634. The highest BCUT2D eigenvalue weighted by atomic mass is 16.5. The van der Waals surface area contributed by atoms with Crippen molar-refractivity contribution in [2.45, 2.75) is 26.3 Å². The number of rotatable bonds is 5. The molecule has 6 nitrogen and oxygen atoms in total. The Morgan fingerprint density at radius 3 is 2.68 bits per heavy atom. The molecule has 1 atom stereocenters. The van der Waals surface area contributed by atoms with Gasteiger partial charge in [0.2, 0.25) is 5.91 Å². The molecule has 1 amide bonds. The van der Waals surface area contributed by atoms with Gasteiger partial charge in [-0.2, -0.15) is 0 Å². The number of aromatic amines is 1. The maximum absolute atomic E-state index is 12.0. The fourth-order valence-corrected chi connectivity index (χ4v) is 1.62. The van der Waals surface area contributed by atoms with Crippen LogP contribution in [0.4, 0.5) is 0 Å². The summed E-state index contributed by atoms with van der Waals surface area (Å²) >= 11 is 0. The molecule has 1 N–H and O–H groups in total. The summed E-state index contributed by atoms with van der Waals surface area (Å²) in [4.78, 5) is 31.9. The van der Waals surface area contributed by atoms with Crippen molar-refractivity contribution in [2.24, 2.45) is 0 Å². The van der Waals surface area contributed by atoms with E-state index in [0.717, 1.165) is 11.3 Å². The molecule has 0 aromatic carbocycles. The molecule has 0 fully saturated rings. The lowest BCUT2D eigenvalue weighted by Gasteiger charge is -2.24. The summed E-state index contributed by atoms with van der Waals surface area (Å²) in [7, 11) is 2.89. The molecule has 0 spiro atoms. The number of carbonyl (C=O) groups is 2. The third-order valence-corrected chi connectivity index (χ3v) is 2.67. The van der Waals surface area contributed by atoms with Crippen LogP contribution in [0.15, 0.2) is 24.2 Å². The summed E-state index contributed by atoms with van der Waals surface area (Å²) < 4.78 is 4.75. The standard InChI is InChI=1S/C13H19N3O3/c1-9(2)5-12(17)16(3)11(13(18)19-4)6-10-7-14-8-15-10/h5,7-8,11H,6H2,1-4H3,(H,14,15)/t11-/m0/s1. The predicted molar refractivity (Wildman–Crippen MR) is 70.3 cm³/mol. The Hall–Kier alpha value is -2.11. The minimum atomic E-state index is -0.673. The number of ether oxygens (including phenoxy) is 1. The van der Waals surface area contributed by atoms with Crippen LogP contribution in [-0.2, 0) is 20.7 Å². The minimum absolute atomic E-state index is 0.227. The van der Waals surface area contributed by atoms with Crippen LogP contribution in [0, 0.1) is 0 Å². The number of hydrogen-bond donors (Lipinski definition) is 1. The zero-order valence-corrected chi connectivity index (χ0v) is 11.6. The van der Waals surface area contributed by atoms with Crippen LogP contribution in [0.5, 0.6) is 0 Å². The number of esters is 1. The van der Waals surface area contributed by atoms with Crippen molar-refractivity contribution in [1.82, 2.24) is 14.9 Å². The molecular formula is C13H19N3O3. The Labute approximate surface area is 112 Å². The molecule has 0 bridgehead atoms. The average molecular weight is 265 g/mol. The van der Waals surface area contributed by atoms with E-state index in [4.69, 9.17) is 4.74 Å². The van der Waals surface area contributed by atoms with E-state index in [0.29, 0.717) is 6.42 Å². The largest absolute Gasteiger partial charge is 0.467 e. The van der Waals surface area contributed by atoms with Gasteiger partial charge in [-0.05, 0) is 13.8 Å². The first-order valence-corrected chi connectivity index (χ1v) is 5.92. The summed E-state index contributed by atoms with van der Waals surface area (Å²) in [6, 6.07) is -0.673. The average Bonchev–Trinajstić information content (AvgIpc) is 2.86. The van der Waals surface area contributed by atoms with Gasteiger partial charge >= 0.3 is 5.97 Å². The molecule has 1 heterocycles. The van der Waals surface area contributed by atoms with Gasteiger partial charge in [0, 0.05) is 31.4 Å². The molecule has 0 radical (unpaired) electrons. The van der Waals surface area contributed by atoms with E-state index in [1.807, 2.05) is 13.8 Å². The van der Waals surface area contributed by atoms with Gasteiger partial charge in [-0.15, -0.1) is 0 Å². The summed E-state index contributed by atoms with van der Waals surface area (Å²) in [5.41, 5.74) is 1.65. The number of hydrogen-bond acceptors (Lipinski definition) is 4. The number of imidazole rings is 1. The second-order valence-electron chi connectivity index (χ2n) is 4.49. The number of allylic oxidation sites excluding steroid dienone is 1. The van der Waals surface area contributed by atoms with Crippen LogP contribution < -0.4 is 0 Å². The topological polar surface area (TPSA) is 75.3 Å². The van der Waals surface area contributed by atoms with Crippen molar-refractivity contribution in [3.63, 3.8) is 0 Å². The molecule has 1 aromatic rings. The molecule has 0 aliphatic rings. The molecule has 1 aromatic heterocycles. The molecule has 0 aliphatic heterocycles. The van der Waals surface area contributed by atoms with Crippen molar-refractivity contribution in [3.8, 4) is 0 Å². The zero-order chi connectivity index (χ0) is 14.4. The Kier molecular flexibility index (Phi) is 5.29. The fraction of sp³-hybridized carbons (Fsp3) is 0.462. The van der Waals surface area contributed by atoms with Gasteiger partial charge in [-0.1, -0.05) is 5.57 Å². The van der Waals surface area contributed by atoms with Gasteiger partial charge in [0.05, 0.1) is 13.4 Å². The summed E-state index contributed by atoms with van der Waals surface area (Å²) in [5.74, 6) is -0.678. The number of aromatic nitrogens is 2. The highest BCUT2D eigenvalue weighted by molar-refractivity contribution is 5.91. The van der Waals surface area contributed by atoms with E-state index in [9.17, 15) is 9.59 Å². The molecule has 0 aliphatic carbocycles. The smallest absolute Gasteiger partial charge is 0.328 e. The number of nitrogens with one attached hydrogen (secondary N) is 1. The van der Waals surface area contributed by atoms with Crippen LogP contribution in [0.3, 0.4) is 0 Å². The van der Waals surface area contributed by atoms with E-state index < -0.39 is 12.0 Å². The van der Waals surface area contributed by atoms with Crippen LogP contribution in [0.1, 0.15) is 19.5 Å². The lowest BCUT2D eigenvalue weighted by molar-refractivity contribution is -0.150. The highest BCUT2D eigenvalue weighted by Gasteiger charge is 2.27. The van der Waals surface area contributed by atoms with Crippen LogP contribution in [0.2, 0.25) is 0 Å². The van der Waals surface area contributed by atoms with Crippen molar-refractivity contribution >= 4 is 11.9 Å². The number of methoxy groups -OCH3 is 1. The maximum atomic E-state index is 12.0. The lowest BCUT2D eigenvalue weighted by Crippen LogP contribution is -2.44. The van der Waals surface area contributed by atoms with Crippen molar-refractivity contribution in [1.29, 1.82) is 0 Å². The predicted octanol–water partition coefficient (Wildman–Crippen LogP) is 0.918. The molecule has 19 heavy (non-hydrogen) atoms. The number of amides is 1. The van der Waals surface area contributed by atoms with Gasteiger partial charge in [-0.3, -0.25) is 4.79 Å². The van der Waals surface area contributed by atoms with E-state index in [-0.39, 0.29) is 5.91 Å². The van der Waals surface area contributed by atoms with Gasteiger partial charge < -0.3 is 14.6 Å². The molecule has 0 saturated heterocycles. The monoisotopic (exact) mass is 265 g/mol. The maximum Gasteiger partial charge on any atom is 0.328 e. The number of likely N-dealkylation sites (N-methyl/N-ethyl adjacent to an activating group) is 1. The number of nitrogens with zero attached hydrogens (tertiary/aromatic N) is 2. The SMILES string of the molecule is COC(=O)[C@H](Cc1cnc[nH]1)N(C)C(=O)C=C(C)C. The van der Waals surface area contributed by atoms with E-state index in [1.54, 1.807) is 13.2 Å². The van der Waals surface area contributed by atoms with Gasteiger partial charge in [0.1, 0.15) is 6.04 Å². The fourth-order valence-electron chi connectivity index (χ4n) is 1.62. The van der Waals surface area contributed by atoms with Gasteiger partial charge in [0.15, 0.2) is 0 Å². The molecule has 0 unspecified atom stereocenters. The third-order valence-electron chi connectivity index (χ3n) is 2.67. The molecule has 0 saturated carbocycles. The molecule has 6 heteroatoms. The minimum Gasteiger partial charge on any atom is -0.467 e. The lowest BCUT2D eigenvalue weighted by atomic mass is 10.1. The normalized spacial score (nSPS) is 11.6. The Balaban J connectivity index is 2.87. The second kappa shape index (κ2) is 6.72. The van der Waals surface area contributed by atoms with E-state index in [1.165, 1.54) is 24.4 Å². The first-order valence-electron chi connectivity index (χ1n) is 5.92. The highest BCUT2D eigenvalue weighted by Crippen LogP contribution is 2.08. The van der Waals surface area contributed by atoms with Crippen LogP contribution in [-0.4, -0.2) is 46.9 Å². The van der Waals surface area contributed by atoms with Crippen molar-refractivity contribution < 1.29 is 14.3 Å². The van der Waals surface area contributed by atoms with Gasteiger partial charge in [0.25, 0.3) is 0 Å². The number of H-pyrrole nitrogens is 1. The molecule has 104 valence electrons. The zero-order valence-electron chi connectivity index (χ0n) is 11.6. The Morgan fingerprint density at radius 1 is 1.53 bits per heavy atom. The van der Waals surface area contributed by atoms with Crippen molar-refractivity contribution in [3.05, 3.63) is 29.9 Å². The molecular weight excluding hydrogens is 246 g/mol. The van der Waals surface area contributed by atoms with Crippen molar-refractivity contribution in [2.75, 3.05) is 14.2 Å². The summed E-state index contributed by atoms with van der Waals surface area (Å²) in [6.07, 6.45) is 4.98. The third kappa shape index (κ3) is 4.24. The first kappa shape index (κ1) is 14.9. The van der Waals surface area contributed by atoms with Crippen LogP contribution >= 0.6 is 0 Å². The summed E-state index contributed by atoms with van der Waals surface area (Å²) in [5, 5.41) is 0. The molecule has 1 rings (SSSR count). The Bertz CT molecular complexity index is 461. The van der Waals surface area contributed by atoms with E-state index in [2.05, 4.69) is 9.97 Å². The Morgan fingerprint density at radius 2 is 2.21 bits per heavy atom. The van der Waals surface area contributed by atoms with E-state index >= 15 is 0 Å². The second-order valence-corrected chi connectivity index (χ2v) is 4.49.